The summed E-state index contributed by atoms with van der Waals surface area (Å²) in [4.78, 5) is 0. The fraction of sp³-hybridized carbons (Fsp3) is 1.00. The third-order valence-corrected chi connectivity index (χ3v) is 9.91. The van der Waals surface area contributed by atoms with Crippen LogP contribution >= 0.6 is 72.3 Å². The van der Waals surface area contributed by atoms with Gasteiger partial charge in [-0.25, -0.2) is 0 Å². The first-order chi connectivity index (χ1) is 11.8. The van der Waals surface area contributed by atoms with Gasteiger partial charge < -0.3 is 4.74 Å². The molecule has 0 aromatic heterocycles. The van der Waals surface area contributed by atoms with E-state index in [0.717, 1.165) is 36.2 Å². The fourth-order valence-electron chi connectivity index (χ4n) is 1.94. The predicted octanol–water partition coefficient (Wildman–Crippen LogP) is 6.83. The molecule has 0 amide bonds. The maximum Gasteiger partial charge on any atom is 0.0557 e. The number of unbranched alkanes of at least 4 members (excludes halogenated alkanes) is 2. The summed E-state index contributed by atoms with van der Waals surface area (Å²) in [5.41, 5.74) is 0. The van der Waals surface area contributed by atoms with E-state index < -0.39 is 0 Å². The Morgan fingerprint density at radius 1 is 0.600 bits per heavy atom. The Morgan fingerprint density at radius 3 is 1.32 bits per heavy atom. The molecular formula is C18H38OS6. The highest BCUT2D eigenvalue weighted by Gasteiger charge is 2.19. The van der Waals surface area contributed by atoms with Crippen LogP contribution in [0.5, 0.6) is 0 Å². The summed E-state index contributed by atoms with van der Waals surface area (Å²) in [6, 6.07) is 0. The summed E-state index contributed by atoms with van der Waals surface area (Å²) in [7, 11) is 0. The van der Waals surface area contributed by atoms with Crippen LogP contribution in [0.2, 0.25) is 0 Å². The molecule has 0 heterocycles. The Bertz CT molecular complexity index is 271. The summed E-state index contributed by atoms with van der Waals surface area (Å²) in [5.74, 6) is 6.64. The van der Waals surface area contributed by atoms with Gasteiger partial charge in [-0.05, 0) is 76.4 Å². The molecule has 0 radical (unpaired) electrons. The Labute approximate surface area is 185 Å². The molecule has 0 fully saturated rings. The molecule has 1 nitrogen and oxygen atoms in total. The number of hydrogen-bond donors (Lipinski definition) is 2. The number of ether oxygens (including phenoxy) is 1. The van der Waals surface area contributed by atoms with Crippen molar-refractivity contribution in [1.29, 1.82) is 0 Å². The van der Waals surface area contributed by atoms with Gasteiger partial charge >= 0.3 is 0 Å². The van der Waals surface area contributed by atoms with E-state index in [2.05, 4.69) is 76.5 Å². The van der Waals surface area contributed by atoms with Crippen molar-refractivity contribution in [1.82, 2.24) is 0 Å². The van der Waals surface area contributed by atoms with E-state index >= 15 is 0 Å². The SMILES string of the molecule is CC(C)(SCCCCS)SCCOCCSC(C)(C)SCCCCS. The molecule has 0 aliphatic carbocycles. The van der Waals surface area contributed by atoms with Gasteiger partial charge in [-0.15, -0.1) is 47.0 Å². The minimum Gasteiger partial charge on any atom is -0.380 e. The minimum atomic E-state index is 0.292. The number of hydrogen-bond acceptors (Lipinski definition) is 7. The molecule has 0 spiro atoms. The summed E-state index contributed by atoms with van der Waals surface area (Å²) in [6.07, 6.45) is 4.99. The van der Waals surface area contributed by atoms with E-state index in [1.54, 1.807) is 0 Å². The van der Waals surface area contributed by atoms with Crippen molar-refractivity contribution >= 4 is 72.3 Å². The summed E-state index contributed by atoms with van der Waals surface area (Å²) >= 11 is 16.7. The van der Waals surface area contributed by atoms with E-state index in [4.69, 9.17) is 4.74 Å². The minimum absolute atomic E-state index is 0.292. The van der Waals surface area contributed by atoms with Crippen LogP contribution in [-0.4, -0.2) is 55.9 Å². The van der Waals surface area contributed by atoms with Crippen molar-refractivity contribution in [2.45, 2.75) is 61.5 Å². The van der Waals surface area contributed by atoms with Gasteiger partial charge in [0.2, 0.25) is 0 Å². The lowest BCUT2D eigenvalue weighted by Crippen LogP contribution is -2.15. The molecule has 0 bridgehead atoms. The Kier molecular flexibility index (Phi) is 18.4. The molecule has 7 heteroatoms. The molecule has 0 N–H and O–H groups in total. The third-order valence-electron chi connectivity index (χ3n) is 3.36. The largest absolute Gasteiger partial charge is 0.380 e. The molecule has 0 aliphatic heterocycles. The molecule has 152 valence electrons. The first kappa shape index (κ1) is 27.1. The highest BCUT2D eigenvalue weighted by Crippen LogP contribution is 2.37. The highest BCUT2D eigenvalue weighted by molar-refractivity contribution is 8.18. The molecule has 0 aromatic rings. The van der Waals surface area contributed by atoms with Crippen LogP contribution in [0.1, 0.15) is 53.4 Å². The smallest absolute Gasteiger partial charge is 0.0557 e. The molecule has 25 heavy (non-hydrogen) atoms. The van der Waals surface area contributed by atoms with E-state index in [1.165, 1.54) is 37.2 Å². The maximum absolute atomic E-state index is 5.83. The second-order valence-electron chi connectivity index (χ2n) is 6.67. The summed E-state index contributed by atoms with van der Waals surface area (Å²) in [5, 5.41) is 0. The Morgan fingerprint density at radius 2 is 0.960 bits per heavy atom. The van der Waals surface area contributed by atoms with Crippen molar-refractivity contribution in [3.63, 3.8) is 0 Å². The van der Waals surface area contributed by atoms with Gasteiger partial charge in [0.1, 0.15) is 0 Å². The lowest BCUT2D eigenvalue weighted by Gasteiger charge is -2.24. The average Bonchev–Trinajstić information content (AvgIpc) is 2.55. The van der Waals surface area contributed by atoms with Crippen molar-refractivity contribution < 1.29 is 4.74 Å². The van der Waals surface area contributed by atoms with Crippen LogP contribution in [0.25, 0.3) is 0 Å². The normalized spacial score (nSPS) is 12.7. The molecule has 0 aliphatic rings. The van der Waals surface area contributed by atoms with Gasteiger partial charge in [0.25, 0.3) is 0 Å². The van der Waals surface area contributed by atoms with Crippen LogP contribution in [-0.2, 0) is 4.74 Å². The first-order valence-corrected chi connectivity index (χ1v) is 14.4. The molecular weight excluding hydrogens is 425 g/mol. The number of thioether (sulfide) groups is 4. The zero-order valence-electron chi connectivity index (χ0n) is 16.4. The second-order valence-corrected chi connectivity index (χ2v) is 14.9. The lowest BCUT2D eigenvalue weighted by molar-refractivity contribution is 0.167. The third kappa shape index (κ3) is 19.2. The van der Waals surface area contributed by atoms with Crippen molar-refractivity contribution in [3.8, 4) is 0 Å². The second kappa shape index (κ2) is 17.0. The van der Waals surface area contributed by atoms with Crippen LogP contribution < -0.4 is 0 Å². The molecule has 0 atom stereocenters. The van der Waals surface area contributed by atoms with Crippen LogP contribution in [0.4, 0.5) is 0 Å². The fourth-order valence-corrected chi connectivity index (χ4v) is 7.12. The molecule has 0 aromatic carbocycles. The molecule has 0 rings (SSSR count). The predicted molar refractivity (Wildman–Crippen MR) is 135 cm³/mol. The van der Waals surface area contributed by atoms with E-state index in [-0.39, 0.29) is 0 Å². The van der Waals surface area contributed by atoms with Crippen molar-refractivity contribution in [2.75, 3.05) is 47.7 Å². The van der Waals surface area contributed by atoms with Crippen LogP contribution in [0.3, 0.4) is 0 Å². The Hall–Kier alpha value is 2.06. The topological polar surface area (TPSA) is 9.23 Å². The van der Waals surface area contributed by atoms with Gasteiger partial charge in [-0.2, -0.15) is 25.3 Å². The number of rotatable bonds is 18. The van der Waals surface area contributed by atoms with Gasteiger partial charge in [-0.3, -0.25) is 0 Å². The highest BCUT2D eigenvalue weighted by atomic mass is 32.2. The van der Waals surface area contributed by atoms with E-state index in [1.807, 2.05) is 23.5 Å². The average molecular weight is 463 g/mol. The maximum atomic E-state index is 5.83. The Balaban J connectivity index is 3.55. The standard InChI is InChI=1S/C18H38OS6/c1-17(2,22-13-7-5-11-20)24-15-9-19-10-16-25-18(3,4)23-14-8-6-12-21/h20-21H,5-16H2,1-4H3. The van der Waals surface area contributed by atoms with E-state index in [9.17, 15) is 0 Å². The van der Waals surface area contributed by atoms with Gasteiger partial charge in [0.15, 0.2) is 0 Å². The lowest BCUT2D eigenvalue weighted by atomic mass is 10.4. The first-order valence-electron chi connectivity index (χ1n) is 9.18. The molecule has 0 saturated carbocycles. The van der Waals surface area contributed by atoms with Gasteiger partial charge in [0.05, 0.1) is 21.4 Å². The van der Waals surface area contributed by atoms with Crippen LogP contribution in [0, 0.1) is 0 Å². The zero-order chi connectivity index (χ0) is 19.0. The molecule has 0 unspecified atom stereocenters. The van der Waals surface area contributed by atoms with Crippen LogP contribution in [0.15, 0.2) is 0 Å². The van der Waals surface area contributed by atoms with Crippen molar-refractivity contribution in [2.24, 2.45) is 0 Å². The zero-order valence-corrected chi connectivity index (χ0v) is 21.5. The quantitative estimate of drug-likeness (QED) is 0.131. The van der Waals surface area contributed by atoms with Crippen molar-refractivity contribution in [3.05, 3.63) is 0 Å². The monoisotopic (exact) mass is 462 g/mol. The summed E-state index contributed by atoms with van der Waals surface area (Å²) in [6.45, 7) is 11.0. The van der Waals surface area contributed by atoms with Gasteiger partial charge in [-0.1, -0.05) is 0 Å². The van der Waals surface area contributed by atoms with Gasteiger partial charge in [0, 0.05) is 11.5 Å². The number of thiol groups is 2. The summed E-state index contributed by atoms with van der Waals surface area (Å²) < 4.78 is 6.41. The van der Waals surface area contributed by atoms with E-state index in [0.29, 0.717) is 8.16 Å². The molecule has 0 saturated heterocycles.